The molecule has 0 radical (unpaired) electrons. The van der Waals surface area contributed by atoms with E-state index in [1.807, 2.05) is 7.05 Å². The van der Waals surface area contributed by atoms with Crippen LogP contribution in [-0.4, -0.2) is 81.9 Å². The number of nitrogens with zero attached hydrogens (tertiary/aromatic N) is 6. The Balaban J connectivity index is 1.55. The van der Waals surface area contributed by atoms with Crippen LogP contribution in [0.25, 0.3) is 11.0 Å². The minimum atomic E-state index is -0.179. The molecule has 3 heterocycles. The molecule has 8 nitrogen and oxygen atoms in total. The van der Waals surface area contributed by atoms with Gasteiger partial charge in [0.15, 0.2) is 5.52 Å². The van der Waals surface area contributed by atoms with E-state index in [4.69, 9.17) is 4.98 Å². The van der Waals surface area contributed by atoms with Crippen LogP contribution in [0, 0.1) is 11.8 Å². The third-order valence-corrected chi connectivity index (χ3v) is 7.67. The fourth-order valence-corrected chi connectivity index (χ4v) is 5.76. The highest BCUT2D eigenvalue weighted by molar-refractivity contribution is 5.78. The van der Waals surface area contributed by atoms with Crippen molar-refractivity contribution < 1.29 is 0 Å². The van der Waals surface area contributed by atoms with Crippen LogP contribution in [0.3, 0.4) is 0 Å². The molecule has 0 amide bonds. The average Bonchev–Trinajstić information content (AvgIpc) is 3.15. The van der Waals surface area contributed by atoms with E-state index in [2.05, 4.69) is 59.4 Å². The second-order valence-electron chi connectivity index (χ2n) is 12.3. The molecular formula is C27H47N7O. The normalized spacial score (nSPS) is 19.2. The lowest BCUT2D eigenvalue weighted by atomic mass is 9.89. The van der Waals surface area contributed by atoms with Crippen molar-refractivity contribution in [1.29, 1.82) is 0 Å². The largest absolute Gasteiger partial charge is 0.341 e. The van der Waals surface area contributed by atoms with Crippen molar-refractivity contribution >= 4 is 17.0 Å². The van der Waals surface area contributed by atoms with Gasteiger partial charge in [-0.15, -0.1) is 0 Å². The van der Waals surface area contributed by atoms with E-state index in [9.17, 15) is 4.79 Å². The van der Waals surface area contributed by atoms with E-state index in [0.29, 0.717) is 17.4 Å². The number of anilines is 1. The number of rotatable bonds is 8. The first kappa shape index (κ1) is 26.1. The molecule has 1 aliphatic heterocycles. The van der Waals surface area contributed by atoms with Gasteiger partial charge in [-0.05, 0) is 24.7 Å². The van der Waals surface area contributed by atoms with Crippen LogP contribution < -0.4 is 10.5 Å². The van der Waals surface area contributed by atoms with Crippen molar-refractivity contribution in [3.05, 3.63) is 16.0 Å². The Labute approximate surface area is 211 Å². The van der Waals surface area contributed by atoms with Gasteiger partial charge in [0.05, 0.1) is 5.69 Å². The Morgan fingerprint density at radius 2 is 1.71 bits per heavy atom. The van der Waals surface area contributed by atoms with Gasteiger partial charge < -0.3 is 9.80 Å². The molecule has 35 heavy (non-hydrogen) atoms. The van der Waals surface area contributed by atoms with Crippen molar-refractivity contribution in [3.63, 3.8) is 0 Å². The lowest BCUT2D eigenvalue weighted by molar-refractivity contribution is 0.124. The number of nitrogens with one attached hydrogen (secondary N) is 1. The number of aromatic nitrogens is 4. The highest BCUT2D eigenvalue weighted by Crippen LogP contribution is 2.29. The van der Waals surface area contributed by atoms with Crippen molar-refractivity contribution in [3.8, 4) is 0 Å². The van der Waals surface area contributed by atoms with Crippen molar-refractivity contribution in [2.75, 3.05) is 57.3 Å². The minimum Gasteiger partial charge on any atom is -0.341 e. The van der Waals surface area contributed by atoms with Crippen molar-refractivity contribution in [2.45, 2.75) is 72.1 Å². The van der Waals surface area contributed by atoms with Gasteiger partial charge in [-0.25, -0.2) is 4.98 Å². The molecule has 2 aromatic heterocycles. The number of aromatic amines is 1. The summed E-state index contributed by atoms with van der Waals surface area (Å²) in [6.45, 7) is 19.6. The summed E-state index contributed by atoms with van der Waals surface area (Å²) in [5, 5.41) is 4.69. The SMILES string of the molecule is CC(C)CN1CCN(CCN(CC2CCCCC2)c2nc3c(C(C)(C)C)nn(C)c3c(=O)[nH]2)CC1. The van der Waals surface area contributed by atoms with E-state index in [0.717, 1.165) is 62.9 Å². The topological polar surface area (TPSA) is 73.3 Å². The third-order valence-electron chi connectivity index (χ3n) is 7.67. The molecule has 0 spiro atoms. The number of aryl methyl sites for hydroxylation is 1. The number of piperazine rings is 1. The quantitative estimate of drug-likeness (QED) is 0.616. The molecule has 0 aromatic carbocycles. The first-order valence-electron chi connectivity index (χ1n) is 13.8. The molecule has 196 valence electrons. The molecule has 1 saturated heterocycles. The summed E-state index contributed by atoms with van der Waals surface area (Å²) < 4.78 is 1.69. The summed E-state index contributed by atoms with van der Waals surface area (Å²) in [7, 11) is 1.84. The molecule has 2 fully saturated rings. The number of fused-ring (bicyclic) bond motifs is 1. The second-order valence-corrected chi connectivity index (χ2v) is 12.3. The zero-order chi connectivity index (χ0) is 25.2. The smallest absolute Gasteiger partial charge is 0.278 e. The first-order valence-corrected chi connectivity index (χ1v) is 13.8. The molecule has 1 saturated carbocycles. The zero-order valence-corrected chi connectivity index (χ0v) is 22.9. The van der Waals surface area contributed by atoms with E-state index in [1.54, 1.807) is 4.68 Å². The van der Waals surface area contributed by atoms with Crippen molar-refractivity contribution in [1.82, 2.24) is 29.5 Å². The average molecular weight is 486 g/mol. The van der Waals surface area contributed by atoms with Gasteiger partial charge in [0.1, 0.15) is 5.52 Å². The molecular weight excluding hydrogens is 438 g/mol. The van der Waals surface area contributed by atoms with Gasteiger partial charge in [-0.2, -0.15) is 5.10 Å². The molecule has 2 aliphatic rings. The summed E-state index contributed by atoms with van der Waals surface area (Å²) in [4.78, 5) is 28.9. The number of hydrogen-bond acceptors (Lipinski definition) is 6. The maximum absolute atomic E-state index is 13.2. The van der Waals surface area contributed by atoms with Crippen LogP contribution in [0.5, 0.6) is 0 Å². The Kier molecular flexibility index (Phi) is 8.21. The lowest BCUT2D eigenvalue weighted by Crippen LogP contribution is -2.49. The van der Waals surface area contributed by atoms with Gasteiger partial charge in [-0.3, -0.25) is 19.4 Å². The van der Waals surface area contributed by atoms with Gasteiger partial charge in [0, 0.05) is 64.8 Å². The molecule has 0 bridgehead atoms. The maximum Gasteiger partial charge on any atom is 0.278 e. The maximum atomic E-state index is 13.2. The summed E-state index contributed by atoms with van der Waals surface area (Å²) in [5.41, 5.74) is 1.93. The van der Waals surface area contributed by atoms with E-state index >= 15 is 0 Å². The molecule has 1 N–H and O–H groups in total. The predicted octanol–water partition coefficient (Wildman–Crippen LogP) is 3.61. The van der Waals surface area contributed by atoms with E-state index in [-0.39, 0.29) is 11.0 Å². The van der Waals surface area contributed by atoms with Crippen LogP contribution in [0.4, 0.5) is 5.95 Å². The van der Waals surface area contributed by atoms with Gasteiger partial charge in [0.25, 0.3) is 5.56 Å². The summed E-state index contributed by atoms with van der Waals surface area (Å²) in [6, 6.07) is 0. The minimum absolute atomic E-state index is 0.0913. The van der Waals surface area contributed by atoms with Crippen LogP contribution >= 0.6 is 0 Å². The summed E-state index contributed by atoms with van der Waals surface area (Å²) in [5.74, 6) is 2.10. The zero-order valence-electron chi connectivity index (χ0n) is 22.9. The van der Waals surface area contributed by atoms with Gasteiger partial charge >= 0.3 is 0 Å². The molecule has 4 rings (SSSR count). The molecule has 0 atom stereocenters. The molecule has 2 aromatic rings. The van der Waals surface area contributed by atoms with Gasteiger partial charge in [-0.1, -0.05) is 53.9 Å². The molecule has 0 unspecified atom stereocenters. The summed E-state index contributed by atoms with van der Waals surface area (Å²) >= 11 is 0. The number of hydrogen-bond donors (Lipinski definition) is 1. The Bertz CT molecular complexity index is 1020. The Hall–Kier alpha value is -1.93. The van der Waals surface area contributed by atoms with Gasteiger partial charge in [0.2, 0.25) is 5.95 Å². The number of H-pyrrole nitrogens is 1. The fourth-order valence-electron chi connectivity index (χ4n) is 5.76. The third kappa shape index (κ3) is 6.45. The standard InChI is InChI=1S/C27H47N7O/c1-20(2)18-33-14-12-32(13-15-33)16-17-34(19-21-10-8-7-9-11-21)26-28-22-23(25(35)29-26)31(6)30-24(22)27(3,4)5/h20-21H,7-19H2,1-6H3,(H,28,29,35). The Morgan fingerprint density at radius 3 is 2.34 bits per heavy atom. The van der Waals surface area contributed by atoms with Crippen molar-refractivity contribution in [2.24, 2.45) is 18.9 Å². The lowest BCUT2D eigenvalue weighted by Gasteiger charge is -2.37. The van der Waals surface area contributed by atoms with Crippen LogP contribution in [0.1, 0.15) is 72.4 Å². The van der Waals surface area contributed by atoms with Crippen LogP contribution in [0.15, 0.2) is 4.79 Å². The predicted molar refractivity (Wildman–Crippen MR) is 144 cm³/mol. The monoisotopic (exact) mass is 485 g/mol. The molecule has 1 aliphatic carbocycles. The first-order chi connectivity index (χ1) is 16.6. The second kappa shape index (κ2) is 11.0. The summed E-state index contributed by atoms with van der Waals surface area (Å²) in [6.07, 6.45) is 6.53. The fraction of sp³-hybridized carbons (Fsp3) is 0.815. The highest BCUT2D eigenvalue weighted by atomic mass is 16.1. The van der Waals surface area contributed by atoms with E-state index in [1.165, 1.54) is 38.6 Å². The Morgan fingerprint density at radius 1 is 1.06 bits per heavy atom. The molecule has 8 heteroatoms. The van der Waals surface area contributed by atoms with Crippen LogP contribution in [0.2, 0.25) is 0 Å². The highest BCUT2D eigenvalue weighted by Gasteiger charge is 2.27. The van der Waals surface area contributed by atoms with E-state index < -0.39 is 0 Å². The van der Waals surface area contributed by atoms with Crippen LogP contribution in [-0.2, 0) is 12.5 Å².